The number of nitrogens with zero attached hydrogens (tertiary/aromatic N) is 1. The van der Waals surface area contributed by atoms with Gasteiger partial charge in [-0.2, -0.15) is 0 Å². The number of benzene rings is 2. The molecule has 0 bridgehead atoms. The van der Waals surface area contributed by atoms with Gasteiger partial charge in [0.1, 0.15) is 18.1 Å². The van der Waals surface area contributed by atoms with Crippen LogP contribution in [0.3, 0.4) is 0 Å². The zero-order chi connectivity index (χ0) is 18.7. The number of nitrogens with one attached hydrogen (secondary N) is 1. The molecule has 0 fully saturated rings. The van der Waals surface area contributed by atoms with Crippen molar-refractivity contribution < 1.29 is 14.1 Å². The van der Waals surface area contributed by atoms with Crippen molar-refractivity contribution in [2.75, 3.05) is 5.32 Å². The van der Waals surface area contributed by atoms with E-state index in [2.05, 4.69) is 10.5 Å². The second-order valence-electron chi connectivity index (χ2n) is 5.39. The molecule has 1 N–H and O–H groups in total. The molecule has 3 rings (SSSR count). The van der Waals surface area contributed by atoms with Crippen LogP contribution in [0.5, 0.6) is 5.75 Å². The maximum atomic E-state index is 12.5. The summed E-state index contributed by atoms with van der Waals surface area (Å²) < 4.78 is 10.8. The van der Waals surface area contributed by atoms with Crippen LogP contribution < -0.4 is 10.1 Å². The van der Waals surface area contributed by atoms with Crippen LogP contribution in [0.2, 0.25) is 15.1 Å². The van der Waals surface area contributed by atoms with Crippen molar-refractivity contribution in [2.24, 2.45) is 0 Å². The summed E-state index contributed by atoms with van der Waals surface area (Å²) in [6.45, 7) is 1.81. The van der Waals surface area contributed by atoms with Gasteiger partial charge in [0, 0.05) is 10.0 Å². The predicted molar refractivity (Wildman–Crippen MR) is 101 cm³/mol. The van der Waals surface area contributed by atoms with Crippen molar-refractivity contribution in [2.45, 2.75) is 13.5 Å². The number of rotatable bonds is 5. The molecule has 0 aliphatic rings. The number of ether oxygens (including phenoxy) is 1. The van der Waals surface area contributed by atoms with E-state index in [-0.39, 0.29) is 12.3 Å². The van der Waals surface area contributed by atoms with Crippen LogP contribution in [0.15, 0.2) is 47.0 Å². The molecule has 0 atom stereocenters. The fraction of sp³-hybridized carbons (Fsp3) is 0.111. The molecule has 3 aromatic rings. The summed E-state index contributed by atoms with van der Waals surface area (Å²) in [7, 11) is 0. The normalized spacial score (nSPS) is 10.6. The summed E-state index contributed by atoms with van der Waals surface area (Å²) in [6.07, 6.45) is 0. The fourth-order valence-corrected chi connectivity index (χ4v) is 2.86. The van der Waals surface area contributed by atoms with Crippen molar-refractivity contribution in [1.82, 2.24) is 5.16 Å². The van der Waals surface area contributed by atoms with E-state index in [1.165, 1.54) is 6.07 Å². The Morgan fingerprint density at radius 1 is 1.15 bits per heavy atom. The summed E-state index contributed by atoms with van der Waals surface area (Å²) in [5, 5.41) is 7.86. The van der Waals surface area contributed by atoms with Crippen LogP contribution in [0.4, 0.5) is 5.69 Å². The van der Waals surface area contributed by atoms with Crippen LogP contribution in [0.1, 0.15) is 21.8 Å². The van der Waals surface area contributed by atoms with Crippen molar-refractivity contribution in [1.29, 1.82) is 0 Å². The van der Waals surface area contributed by atoms with Gasteiger partial charge in [0.25, 0.3) is 5.91 Å². The summed E-state index contributed by atoms with van der Waals surface area (Å²) in [4.78, 5) is 12.5. The minimum Gasteiger partial charge on any atom is -0.489 e. The molecule has 0 aliphatic heterocycles. The van der Waals surface area contributed by atoms with E-state index < -0.39 is 5.91 Å². The van der Waals surface area contributed by atoms with Crippen molar-refractivity contribution >= 4 is 46.4 Å². The third-order valence-electron chi connectivity index (χ3n) is 3.56. The summed E-state index contributed by atoms with van der Waals surface area (Å²) >= 11 is 17.9. The smallest absolute Gasteiger partial charge is 0.278 e. The molecule has 5 nitrogen and oxygen atoms in total. The largest absolute Gasteiger partial charge is 0.489 e. The minimum atomic E-state index is -0.462. The topological polar surface area (TPSA) is 64.4 Å². The van der Waals surface area contributed by atoms with E-state index >= 15 is 0 Å². The van der Waals surface area contributed by atoms with Gasteiger partial charge in [0.05, 0.1) is 16.3 Å². The van der Waals surface area contributed by atoms with E-state index in [1.54, 1.807) is 43.3 Å². The maximum Gasteiger partial charge on any atom is 0.278 e. The first kappa shape index (κ1) is 18.6. The molecule has 1 amide bonds. The lowest BCUT2D eigenvalue weighted by Gasteiger charge is -2.08. The van der Waals surface area contributed by atoms with E-state index in [9.17, 15) is 4.79 Å². The number of aromatic nitrogens is 1. The molecule has 1 aromatic heterocycles. The first-order valence-electron chi connectivity index (χ1n) is 7.54. The van der Waals surface area contributed by atoms with Gasteiger partial charge < -0.3 is 14.6 Å². The number of halogens is 3. The molecule has 0 radical (unpaired) electrons. The number of aryl methyl sites for hydroxylation is 1. The van der Waals surface area contributed by atoms with Crippen LogP contribution in [-0.4, -0.2) is 11.1 Å². The zero-order valence-electron chi connectivity index (χ0n) is 13.6. The summed E-state index contributed by atoms with van der Waals surface area (Å²) in [6, 6.07) is 11.7. The van der Waals surface area contributed by atoms with E-state index in [1.807, 2.05) is 0 Å². The lowest BCUT2D eigenvalue weighted by atomic mass is 10.2. The molecule has 0 aliphatic carbocycles. The van der Waals surface area contributed by atoms with E-state index in [0.29, 0.717) is 37.8 Å². The Morgan fingerprint density at radius 3 is 2.65 bits per heavy atom. The number of carbonyl (C=O) groups excluding carboxylic acids is 1. The van der Waals surface area contributed by atoms with Gasteiger partial charge in [-0.15, -0.1) is 0 Å². The van der Waals surface area contributed by atoms with Gasteiger partial charge >= 0.3 is 0 Å². The van der Waals surface area contributed by atoms with Crippen LogP contribution in [0, 0.1) is 6.92 Å². The molecule has 1 heterocycles. The number of anilines is 1. The van der Waals surface area contributed by atoms with Gasteiger partial charge in [-0.25, -0.2) is 0 Å². The van der Waals surface area contributed by atoms with Gasteiger partial charge in [-0.3, -0.25) is 4.79 Å². The Hall–Kier alpha value is -2.21. The monoisotopic (exact) mass is 410 g/mol. The first-order valence-corrected chi connectivity index (χ1v) is 8.67. The van der Waals surface area contributed by atoms with Crippen molar-refractivity contribution in [3.63, 3.8) is 0 Å². The van der Waals surface area contributed by atoms with Gasteiger partial charge in [-0.1, -0.05) is 46.0 Å². The Kier molecular flexibility index (Phi) is 5.71. The molecule has 0 unspecified atom stereocenters. The lowest BCUT2D eigenvalue weighted by molar-refractivity contribution is 0.101. The molecular formula is C18H13Cl3N2O3. The third kappa shape index (κ3) is 4.30. The predicted octanol–water partition coefficient (Wildman–Crippen LogP) is 5.77. The molecule has 0 saturated heterocycles. The Bertz CT molecular complexity index is 957. The third-order valence-corrected chi connectivity index (χ3v) is 4.34. The fourth-order valence-electron chi connectivity index (χ4n) is 2.22. The van der Waals surface area contributed by atoms with Gasteiger partial charge in [0.2, 0.25) is 0 Å². The Balaban J connectivity index is 1.77. The molecule has 8 heteroatoms. The average Bonchev–Trinajstić information content (AvgIpc) is 2.96. The first-order chi connectivity index (χ1) is 12.4. The number of carbonyl (C=O) groups is 1. The standard InChI is InChI=1S/C18H13Cl3N2O3/c1-10-14(9-25-13-4-2-3-11(19)7-13)17(23-26-10)18(24)22-16-6-5-12(20)8-15(16)21/h2-8H,9H2,1H3,(H,22,24). The molecule has 134 valence electrons. The highest BCUT2D eigenvalue weighted by molar-refractivity contribution is 6.36. The molecular weight excluding hydrogens is 399 g/mol. The molecule has 2 aromatic carbocycles. The highest BCUT2D eigenvalue weighted by Gasteiger charge is 2.21. The second-order valence-corrected chi connectivity index (χ2v) is 6.67. The lowest BCUT2D eigenvalue weighted by Crippen LogP contribution is -2.15. The number of amides is 1. The highest BCUT2D eigenvalue weighted by Crippen LogP contribution is 2.27. The summed E-state index contributed by atoms with van der Waals surface area (Å²) in [5.41, 5.74) is 1.08. The van der Waals surface area contributed by atoms with E-state index in [0.717, 1.165) is 0 Å². The highest BCUT2D eigenvalue weighted by atomic mass is 35.5. The summed E-state index contributed by atoms with van der Waals surface area (Å²) in [5.74, 6) is 0.598. The number of hydrogen-bond donors (Lipinski definition) is 1. The van der Waals surface area contributed by atoms with Crippen molar-refractivity contribution in [3.05, 3.63) is 74.6 Å². The zero-order valence-corrected chi connectivity index (χ0v) is 15.8. The second kappa shape index (κ2) is 7.99. The Labute approximate surface area is 164 Å². The molecule has 26 heavy (non-hydrogen) atoms. The van der Waals surface area contributed by atoms with Crippen LogP contribution >= 0.6 is 34.8 Å². The molecule has 0 spiro atoms. The SMILES string of the molecule is Cc1onc(C(=O)Nc2ccc(Cl)cc2Cl)c1COc1cccc(Cl)c1. The van der Waals surface area contributed by atoms with Crippen molar-refractivity contribution in [3.8, 4) is 5.75 Å². The molecule has 0 saturated carbocycles. The maximum absolute atomic E-state index is 12.5. The average molecular weight is 412 g/mol. The Morgan fingerprint density at radius 2 is 1.92 bits per heavy atom. The minimum absolute atomic E-state index is 0.104. The number of hydrogen-bond acceptors (Lipinski definition) is 4. The van der Waals surface area contributed by atoms with Gasteiger partial charge in [-0.05, 0) is 43.3 Å². The van der Waals surface area contributed by atoms with Crippen LogP contribution in [-0.2, 0) is 6.61 Å². The van der Waals surface area contributed by atoms with Crippen LogP contribution in [0.25, 0.3) is 0 Å². The quantitative estimate of drug-likeness (QED) is 0.578. The van der Waals surface area contributed by atoms with E-state index in [4.69, 9.17) is 44.1 Å². The van der Waals surface area contributed by atoms with Gasteiger partial charge in [0.15, 0.2) is 5.69 Å².